The molecule has 3 unspecified atom stereocenters. The summed E-state index contributed by atoms with van der Waals surface area (Å²) in [6.07, 6.45) is 3.95. The van der Waals surface area contributed by atoms with Crippen molar-refractivity contribution in [2.24, 2.45) is 0 Å². The Hall–Kier alpha value is -0.520. The highest BCUT2D eigenvalue weighted by atomic mass is 32.2. The van der Waals surface area contributed by atoms with E-state index in [0.29, 0.717) is 6.04 Å². The number of nitrogens with one attached hydrogen (secondary N) is 1. The summed E-state index contributed by atoms with van der Waals surface area (Å²) in [5.74, 6) is 1.24. The molecule has 20 heavy (non-hydrogen) atoms. The zero-order valence-corrected chi connectivity index (χ0v) is 14.3. The molecule has 1 fully saturated rings. The number of rotatable bonds is 6. The Bertz CT molecular complexity index is 449. The molecule has 2 rings (SSSR count). The van der Waals surface area contributed by atoms with Crippen LogP contribution in [0.1, 0.15) is 44.7 Å². The van der Waals surface area contributed by atoms with E-state index in [4.69, 9.17) is 0 Å². The molecule has 0 bridgehead atoms. The van der Waals surface area contributed by atoms with Crippen molar-refractivity contribution < 1.29 is 4.79 Å². The summed E-state index contributed by atoms with van der Waals surface area (Å²) in [6.45, 7) is 6.28. The van der Waals surface area contributed by atoms with Crippen molar-refractivity contribution in [2.75, 3.05) is 12.0 Å². The van der Waals surface area contributed by atoms with Gasteiger partial charge in [-0.15, -0.1) is 11.3 Å². The van der Waals surface area contributed by atoms with E-state index in [2.05, 4.69) is 47.8 Å². The van der Waals surface area contributed by atoms with Gasteiger partial charge in [-0.3, -0.25) is 10.1 Å². The first-order valence-corrected chi connectivity index (χ1v) is 9.47. The van der Waals surface area contributed by atoms with E-state index >= 15 is 0 Å². The van der Waals surface area contributed by atoms with Crippen molar-refractivity contribution in [2.45, 2.75) is 51.4 Å². The van der Waals surface area contributed by atoms with Gasteiger partial charge in [-0.25, -0.2) is 0 Å². The Kier molecular flexibility index (Phi) is 5.15. The largest absolute Gasteiger partial charge is 0.317 e. The van der Waals surface area contributed by atoms with Crippen molar-refractivity contribution in [3.05, 3.63) is 22.4 Å². The number of thiophene rings is 1. The van der Waals surface area contributed by atoms with Gasteiger partial charge in [0.25, 0.3) is 0 Å². The summed E-state index contributed by atoms with van der Waals surface area (Å²) in [5, 5.41) is 5.65. The summed E-state index contributed by atoms with van der Waals surface area (Å²) in [6, 6.07) is 4.47. The van der Waals surface area contributed by atoms with Gasteiger partial charge in [0.05, 0.1) is 5.54 Å². The molecule has 5 heteroatoms. The number of hydrogen-bond donors (Lipinski definition) is 1. The predicted octanol–water partition coefficient (Wildman–Crippen LogP) is 3.49. The van der Waals surface area contributed by atoms with Crippen LogP contribution in [0, 0.1) is 0 Å². The van der Waals surface area contributed by atoms with Gasteiger partial charge in [0, 0.05) is 16.7 Å². The lowest BCUT2D eigenvalue weighted by Crippen LogP contribution is -2.45. The molecule has 1 N–H and O–H groups in total. The van der Waals surface area contributed by atoms with E-state index in [9.17, 15) is 4.79 Å². The van der Waals surface area contributed by atoms with E-state index in [-0.39, 0.29) is 12.1 Å². The molecule has 0 aromatic carbocycles. The molecule has 0 spiro atoms. The molecule has 3 atom stereocenters. The lowest BCUT2D eigenvalue weighted by atomic mass is 9.99. The SMILES string of the molecule is CCC(CSC)N1C(=O)C(C)(CC)NC1c1cccs1. The number of carbonyl (C=O) groups is 1. The summed E-state index contributed by atoms with van der Waals surface area (Å²) in [5.41, 5.74) is -0.430. The summed E-state index contributed by atoms with van der Waals surface area (Å²) < 4.78 is 0. The van der Waals surface area contributed by atoms with Gasteiger partial charge in [0.2, 0.25) is 5.91 Å². The van der Waals surface area contributed by atoms with Crippen molar-refractivity contribution in [3.63, 3.8) is 0 Å². The highest BCUT2D eigenvalue weighted by Gasteiger charge is 2.49. The minimum Gasteiger partial charge on any atom is -0.317 e. The number of thioether (sulfide) groups is 1. The second-order valence-electron chi connectivity index (χ2n) is 5.48. The quantitative estimate of drug-likeness (QED) is 0.872. The van der Waals surface area contributed by atoms with Gasteiger partial charge >= 0.3 is 0 Å². The zero-order valence-electron chi connectivity index (χ0n) is 12.7. The molecule has 0 saturated carbocycles. The highest BCUT2D eigenvalue weighted by Crippen LogP contribution is 2.37. The summed E-state index contributed by atoms with van der Waals surface area (Å²) in [7, 11) is 0. The molecule has 0 aliphatic carbocycles. The molecule has 2 heterocycles. The van der Waals surface area contributed by atoms with Gasteiger partial charge in [-0.05, 0) is 37.5 Å². The molecule has 1 aliphatic rings. The molecule has 0 radical (unpaired) electrons. The fraction of sp³-hybridized carbons (Fsp3) is 0.667. The predicted molar refractivity (Wildman–Crippen MR) is 88.2 cm³/mol. The van der Waals surface area contributed by atoms with Gasteiger partial charge < -0.3 is 4.90 Å². The third-order valence-electron chi connectivity index (χ3n) is 4.18. The average Bonchev–Trinajstić information content (AvgIpc) is 3.05. The minimum absolute atomic E-state index is 0.0320. The van der Waals surface area contributed by atoms with Crippen LogP contribution in [0.4, 0.5) is 0 Å². The number of nitrogens with zero attached hydrogens (tertiary/aromatic N) is 1. The van der Waals surface area contributed by atoms with Gasteiger partial charge in [0.15, 0.2) is 0 Å². The van der Waals surface area contributed by atoms with E-state index in [1.54, 1.807) is 11.3 Å². The van der Waals surface area contributed by atoms with Crippen LogP contribution in [0.5, 0.6) is 0 Å². The van der Waals surface area contributed by atoms with Gasteiger partial charge in [-0.1, -0.05) is 19.9 Å². The van der Waals surface area contributed by atoms with Crippen molar-refractivity contribution >= 4 is 29.0 Å². The third-order valence-corrected chi connectivity index (χ3v) is 5.83. The minimum atomic E-state index is -0.430. The maximum absolute atomic E-state index is 12.9. The van der Waals surface area contributed by atoms with Crippen molar-refractivity contribution in [1.29, 1.82) is 0 Å². The fourth-order valence-electron chi connectivity index (χ4n) is 2.71. The second-order valence-corrected chi connectivity index (χ2v) is 7.37. The van der Waals surface area contributed by atoms with E-state index in [0.717, 1.165) is 18.6 Å². The molecule has 1 aliphatic heterocycles. The number of carbonyl (C=O) groups excluding carboxylic acids is 1. The third kappa shape index (κ3) is 2.76. The topological polar surface area (TPSA) is 32.3 Å². The van der Waals surface area contributed by atoms with Crippen molar-refractivity contribution in [3.8, 4) is 0 Å². The number of amides is 1. The monoisotopic (exact) mass is 312 g/mol. The molecule has 1 aromatic heterocycles. The number of hydrogen-bond acceptors (Lipinski definition) is 4. The average molecular weight is 313 g/mol. The zero-order chi connectivity index (χ0) is 14.8. The van der Waals surface area contributed by atoms with Crippen LogP contribution < -0.4 is 5.32 Å². The Morgan fingerprint density at radius 2 is 2.30 bits per heavy atom. The normalized spacial score (nSPS) is 28.1. The summed E-state index contributed by atoms with van der Waals surface area (Å²) in [4.78, 5) is 16.2. The van der Waals surface area contributed by atoms with Gasteiger partial charge in [-0.2, -0.15) is 11.8 Å². The Morgan fingerprint density at radius 3 is 2.80 bits per heavy atom. The van der Waals surface area contributed by atoms with E-state index < -0.39 is 5.54 Å². The molecular formula is C15H24N2OS2. The first-order valence-electron chi connectivity index (χ1n) is 7.20. The van der Waals surface area contributed by atoms with Crippen molar-refractivity contribution in [1.82, 2.24) is 10.2 Å². The standard InChI is InChI=1S/C15H24N2OS2/c1-5-11(10-19-4)17-13(12-8-7-9-20-12)16-15(3,6-2)14(17)18/h7-9,11,13,16H,5-6,10H2,1-4H3. The van der Waals surface area contributed by atoms with Crippen LogP contribution in [0.15, 0.2) is 17.5 Å². The first-order chi connectivity index (χ1) is 9.57. The lowest BCUT2D eigenvalue weighted by Gasteiger charge is -2.31. The molecule has 3 nitrogen and oxygen atoms in total. The maximum atomic E-state index is 12.9. The lowest BCUT2D eigenvalue weighted by molar-refractivity contribution is -0.134. The Morgan fingerprint density at radius 1 is 1.55 bits per heavy atom. The van der Waals surface area contributed by atoms with E-state index in [1.807, 2.05) is 18.7 Å². The van der Waals surface area contributed by atoms with Gasteiger partial charge in [0.1, 0.15) is 6.17 Å². The molecule has 1 saturated heterocycles. The maximum Gasteiger partial charge on any atom is 0.244 e. The second kappa shape index (κ2) is 6.50. The molecule has 112 valence electrons. The van der Waals surface area contributed by atoms with Crippen LogP contribution in [0.25, 0.3) is 0 Å². The summed E-state index contributed by atoms with van der Waals surface area (Å²) >= 11 is 3.53. The molecule has 1 aromatic rings. The molecule has 1 amide bonds. The Labute approximate surface area is 130 Å². The first kappa shape index (κ1) is 15.9. The molecular weight excluding hydrogens is 288 g/mol. The van der Waals surface area contributed by atoms with Crippen LogP contribution >= 0.6 is 23.1 Å². The van der Waals surface area contributed by atoms with Crippen LogP contribution in [0.2, 0.25) is 0 Å². The highest BCUT2D eigenvalue weighted by molar-refractivity contribution is 7.98. The fourth-order valence-corrected chi connectivity index (χ4v) is 4.26. The van der Waals surface area contributed by atoms with Crippen LogP contribution in [-0.4, -0.2) is 34.4 Å². The van der Waals surface area contributed by atoms with Crippen LogP contribution in [0.3, 0.4) is 0 Å². The smallest absolute Gasteiger partial charge is 0.244 e. The van der Waals surface area contributed by atoms with E-state index in [1.165, 1.54) is 4.88 Å². The van der Waals surface area contributed by atoms with Crippen LogP contribution in [-0.2, 0) is 4.79 Å². The Balaban J connectivity index is 2.35.